The van der Waals surface area contributed by atoms with E-state index in [-0.39, 0.29) is 40.2 Å². The summed E-state index contributed by atoms with van der Waals surface area (Å²) in [4.78, 5) is 37.9. The molecule has 8 nitrogen and oxygen atoms in total. The lowest BCUT2D eigenvalue weighted by molar-refractivity contribution is -0.130. The molecule has 12 heteroatoms. The van der Waals surface area contributed by atoms with Crippen LogP contribution in [-0.2, 0) is 4.79 Å². The highest BCUT2D eigenvalue weighted by Crippen LogP contribution is 2.66. The third-order valence-electron chi connectivity index (χ3n) is 7.22. The Bertz CT molecular complexity index is 1510. The van der Waals surface area contributed by atoms with Crippen LogP contribution in [0.25, 0.3) is 11.3 Å². The number of anilines is 2. The highest BCUT2D eigenvalue weighted by atomic mass is 35.5. The third kappa shape index (κ3) is 4.91. The number of amidine groups is 1. The number of thiazole rings is 1. The van der Waals surface area contributed by atoms with E-state index < -0.39 is 13.6 Å². The second-order valence-electron chi connectivity index (χ2n) is 10.5. The molecule has 0 saturated carbocycles. The van der Waals surface area contributed by atoms with Gasteiger partial charge in [-0.1, -0.05) is 48.9 Å². The van der Waals surface area contributed by atoms with Gasteiger partial charge in [-0.25, -0.2) is 19.3 Å². The largest absolute Gasteiger partial charge is 0.359 e. The molecular formula is C28H32ClFN6O2PS+. The number of halogens is 2. The molecule has 210 valence electrons. The summed E-state index contributed by atoms with van der Waals surface area (Å²) in [6.07, 6.45) is 1.33. The molecule has 2 aliphatic heterocycles. The van der Waals surface area contributed by atoms with Crippen LogP contribution >= 0.6 is 30.7 Å². The number of rotatable bonds is 4. The van der Waals surface area contributed by atoms with E-state index in [9.17, 15) is 14.1 Å². The molecule has 1 unspecified atom stereocenters. The Hall–Kier alpha value is -2.91. The quantitative estimate of drug-likeness (QED) is 0.271. The molecule has 40 heavy (non-hydrogen) atoms. The lowest BCUT2D eigenvalue weighted by Gasteiger charge is -2.46. The predicted octanol–water partition coefficient (Wildman–Crippen LogP) is 6.51. The minimum Gasteiger partial charge on any atom is -0.346 e. The number of piperazine rings is 1. The first-order valence-corrected chi connectivity index (χ1v) is 16.4. The van der Waals surface area contributed by atoms with Gasteiger partial charge in [-0.2, -0.15) is 0 Å². The van der Waals surface area contributed by atoms with E-state index in [1.54, 1.807) is 46.0 Å². The van der Waals surface area contributed by atoms with Crippen LogP contribution in [0.5, 0.6) is 0 Å². The lowest BCUT2D eigenvalue weighted by atomic mass is 10.0. The summed E-state index contributed by atoms with van der Waals surface area (Å²) in [5, 5.41) is 1.01. The molecular weight excluding hydrogens is 570 g/mol. The zero-order valence-electron chi connectivity index (χ0n) is 23.0. The first-order valence-electron chi connectivity index (χ1n) is 13.0. The average molecular weight is 602 g/mol. The standard InChI is InChI=1S/C28H32ClFN6O2PS/c1-7-23(37)34-13-18(5)35(14-17(34)4)27-20-12-21(29)25(19-10-8-9-11-22(19)30)32-26(20)36(39(6,38)33-27)28-24(16(2)3)31-15-40-28/h7-12,15-18,38H,1,13-14H2,2-6H3/q+1/t17-,18+,39?/m1/s1. The van der Waals surface area contributed by atoms with Crippen molar-refractivity contribution < 1.29 is 14.1 Å². The van der Waals surface area contributed by atoms with E-state index in [4.69, 9.17) is 21.3 Å². The van der Waals surface area contributed by atoms with E-state index in [1.807, 2.05) is 27.7 Å². The molecule has 2 aromatic heterocycles. The summed E-state index contributed by atoms with van der Waals surface area (Å²) in [5.74, 6) is 0.521. The number of pyridine rings is 1. The van der Waals surface area contributed by atoms with Gasteiger partial charge in [-0.15, -0.1) is 16.0 Å². The zero-order chi connectivity index (χ0) is 28.9. The smallest absolute Gasteiger partial charge is 0.346 e. The van der Waals surface area contributed by atoms with Crippen molar-refractivity contribution in [1.82, 2.24) is 19.8 Å². The Kier molecular flexibility index (Phi) is 7.74. The number of carbonyl (C=O) groups excluding carboxylic acids is 1. The van der Waals surface area contributed by atoms with Crippen molar-refractivity contribution >= 4 is 53.3 Å². The molecule has 1 amide bonds. The Balaban J connectivity index is 1.71. The lowest BCUT2D eigenvalue weighted by Crippen LogP contribution is -2.59. The number of carbonyl (C=O) groups is 1. The molecule has 5 rings (SSSR count). The Labute approximate surface area is 243 Å². The van der Waals surface area contributed by atoms with Crippen LogP contribution in [0.3, 0.4) is 0 Å². The van der Waals surface area contributed by atoms with E-state index in [0.29, 0.717) is 30.3 Å². The van der Waals surface area contributed by atoms with Crippen molar-refractivity contribution in [3.63, 3.8) is 0 Å². The highest BCUT2D eigenvalue weighted by Gasteiger charge is 2.51. The van der Waals surface area contributed by atoms with Gasteiger partial charge >= 0.3 is 7.79 Å². The summed E-state index contributed by atoms with van der Waals surface area (Å²) < 4.78 is 21.7. The molecule has 0 bridgehead atoms. The van der Waals surface area contributed by atoms with Gasteiger partial charge in [0.1, 0.15) is 12.5 Å². The predicted molar refractivity (Wildman–Crippen MR) is 162 cm³/mol. The number of amides is 1. The summed E-state index contributed by atoms with van der Waals surface area (Å²) >= 11 is 8.20. The number of nitrogens with zero attached hydrogens (tertiary/aromatic N) is 6. The van der Waals surface area contributed by atoms with Crippen LogP contribution in [0.4, 0.5) is 15.2 Å². The summed E-state index contributed by atoms with van der Waals surface area (Å²) in [6, 6.07) is 7.87. The fourth-order valence-electron chi connectivity index (χ4n) is 5.23. The molecule has 3 atom stereocenters. The Morgan fingerprint density at radius 3 is 2.65 bits per heavy atom. The maximum absolute atomic E-state index is 14.9. The minimum absolute atomic E-state index is 0.0877. The third-order valence-corrected chi connectivity index (χ3v) is 10.2. The van der Waals surface area contributed by atoms with Gasteiger partial charge in [0.15, 0.2) is 16.7 Å². The van der Waals surface area contributed by atoms with E-state index in [0.717, 1.165) is 10.7 Å². The summed E-state index contributed by atoms with van der Waals surface area (Å²) in [5.41, 5.74) is 3.74. The minimum atomic E-state index is -3.23. The van der Waals surface area contributed by atoms with Gasteiger partial charge < -0.3 is 9.80 Å². The summed E-state index contributed by atoms with van der Waals surface area (Å²) in [7, 11) is -3.23. The Morgan fingerprint density at radius 2 is 1.98 bits per heavy atom. The number of hydrogen-bond acceptors (Lipinski definition) is 8. The second kappa shape index (κ2) is 10.8. The molecule has 1 saturated heterocycles. The number of fused-ring (bicyclic) bond motifs is 1. The maximum Gasteiger partial charge on any atom is 0.359 e. The monoisotopic (exact) mass is 601 g/mol. The molecule has 1 fully saturated rings. The van der Waals surface area contributed by atoms with Crippen molar-refractivity contribution in [3.05, 3.63) is 70.6 Å². The van der Waals surface area contributed by atoms with Crippen LogP contribution in [0, 0.1) is 5.82 Å². The number of benzene rings is 1. The van der Waals surface area contributed by atoms with E-state index in [1.165, 1.54) is 23.5 Å². The molecule has 4 heterocycles. The van der Waals surface area contributed by atoms with Gasteiger partial charge in [-0.3, -0.25) is 4.79 Å². The van der Waals surface area contributed by atoms with Crippen molar-refractivity contribution in [2.45, 2.75) is 45.7 Å². The molecule has 3 aromatic rings. The SMILES string of the molecule is C=CC(=O)N1C[C@H](C)N(C2=N[P+](C)(O)N(c3scnc3C(C)C)c3nc(-c4ccccc4F)c(Cl)cc32)C[C@H]1C. The summed E-state index contributed by atoms with van der Waals surface area (Å²) in [6.45, 7) is 14.4. The number of hydrogen-bond donors (Lipinski definition) is 1. The molecule has 0 radical (unpaired) electrons. The van der Waals surface area contributed by atoms with Gasteiger partial charge in [-0.05, 0) is 44.0 Å². The van der Waals surface area contributed by atoms with E-state index in [2.05, 4.69) is 16.5 Å². The van der Waals surface area contributed by atoms with Crippen LogP contribution in [-0.4, -0.2) is 68.2 Å². The molecule has 1 N–H and O–H groups in total. The van der Waals surface area contributed by atoms with Crippen molar-refractivity contribution in [1.29, 1.82) is 0 Å². The van der Waals surface area contributed by atoms with Gasteiger partial charge in [0.25, 0.3) is 0 Å². The first-order chi connectivity index (χ1) is 18.9. The van der Waals surface area contributed by atoms with Crippen molar-refractivity contribution in [3.8, 4) is 11.3 Å². The molecule has 0 aliphatic carbocycles. The zero-order valence-corrected chi connectivity index (χ0v) is 25.5. The fourth-order valence-corrected chi connectivity index (χ4v) is 8.58. The topological polar surface area (TPSA) is 85.2 Å². The van der Waals surface area contributed by atoms with Crippen LogP contribution in [0.15, 0.2) is 53.3 Å². The fraction of sp³-hybridized carbons (Fsp3) is 0.357. The first kappa shape index (κ1) is 28.6. The molecule has 1 aromatic carbocycles. The van der Waals surface area contributed by atoms with Gasteiger partial charge in [0.2, 0.25) is 5.91 Å². The number of aromatic nitrogens is 2. The van der Waals surface area contributed by atoms with Crippen LogP contribution < -0.4 is 4.67 Å². The Morgan fingerprint density at radius 1 is 1.25 bits per heavy atom. The molecule has 0 spiro atoms. The maximum atomic E-state index is 14.9. The highest BCUT2D eigenvalue weighted by molar-refractivity contribution is 7.71. The van der Waals surface area contributed by atoms with Crippen molar-refractivity contribution in [2.75, 3.05) is 24.4 Å². The van der Waals surface area contributed by atoms with E-state index >= 15 is 0 Å². The van der Waals surface area contributed by atoms with Gasteiger partial charge in [0.05, 0.1) is 27.5 Å². The van der Waals surface area contributed by atoms with Crippen LogP contribution in [0.1, 0.15) is 44.9 Å². The molecule has 2 aliphatic rings. The van der Waals surface area contributed by atoms with Gasteiger partial charge in [0, 0.05) is 30.7 Å². The normalized spacial score (nSPS) is 22.8. The van der Waals surface area contributed by atoms with Crippen LogP contribution in [0.2, 0.25) is 5.02 Å². The average Bonchev–Trinajstić information content (AvgIpc) is 3.38. The van der Waals surface area contributed by atoms with Crippen molar-refractivity contribution in [2.24, 2.45) is 4.76 Å². The second-order valence-corrected chi connectivity index (χ2v) is 14.1.